The van der Waals surface area contributed by atoms with Gasteiger partial charge in [-0.2, -0.15) is 0 Å². The van der Waals surface area contributed by atoms with Crippen molar-refractivity contribution in [2.45, 2.75) is 77.4 Å². The molecule has 1 atom stereocenters. The molecule has 0 unspecified atom stereocenters. The highest BCUT2D eigenvalue weighted by Crippen LogP contribution is 2.21. The highest BCUT2D eigenvalue weighted by atomic mass is 32.2. The van der Waals surface area contributed by atoms with Gasteiger partial charge in [-0.05, 0) is 56.4 Å². The van der Waals surface area contributed by atoms with Gasteiger partial charge in [0.05, 0.1) is 11.9 Å². The number of sulfonamides is 1. The lowest BCUT2D eigenvalue weighted by Crippen LogP contribution is -2.50. The van der Waals surface area contributed by atoms with Gasteiger partial charge in [-0.25, -0.2) is 8.42 Å². The summed E-state index contributed by atoms with van der Waals surface area (Å²) in [5, 5.41) is 3.14. The molecule has 2 aromatic rings. The summed E-state index contributed by atoms with van der Waals surface area (Å²) in [6.45, 7) is 4.20. The predicted octanol–water partition coefficient (Wildman–Crippen LogP) is 4.41. The number of amides is 2. The van der Waals surface area contributed by atoms with E-state index >= 15 is 0 Å². The van der Waals surface area contributed by atoms with Crippen LogP contribution in [-0.2, 0) is 26.2 Å². The van der Waals surface area contributed by atoms with E-state index in [0.29, 0.717) is 18.7 Å². The summed E-state index contributed by atoms with van der Waals surface area (Å²) in [5.41, 5.74) is 2.50. The van der Waals surface area contributed by atoms with Gasteiger partial charge in [-0.1, -0.05) is 61.7 Å². The third-order valence-electron chi connectivity index (χ3n) is 6.76. The minimum absolute atomic E-state index is 0.135. The quantitative estimate of drug-likeness (QED) is 0.482. The minimum atomic E-state index is -3.50. The molecule has 0 heterocycles. The van der Waals surface area contributed by atoms with E-state index in [4.69, 9.17) is 0 Å². The normalized spacial score (nSPS) is 15.2. The van der Waals surface area contributed by atoms with Crippen LogP contribution in [0.1, 0.15) is 63.0 Å². The molecule has 1 N–H and O–H groups in total. The number of aryl methyl sites for hydroxylation is 1. The maximum absolute atomic E-state index is 13.4. The van der Waals surface area contributed by atoms with Gasteiger partial charge in [-0.15, -0.1) is 0 Å². The highest BCUT2D eigenvalue weighted by Gasteiger charge is 2.28. The average Bonchev–Trinajstić information content (AvgIpc) is 2.85. The van der Waals surface area contributed by atoms with Crippen molar-refractivity contribution in [3.05, 3.63) is 65.7 Å². The maximum atomic E-state index is 13.4. The Hall–Kier alpha value is -2.87. The van der Waals surface area contributed by atoms with Crippen molar-refractivity contribution < 1.29 is 18.0 Å². The zero-order valence-electron chi connectivity index (χ0n) is 21.7. The van der Waals surface area contributed by atoms with E-state index in [-0.39, 0.29) is 30.8 Å². The monoisotopic (exact) mass is 513 g/mol. The zero-order valence-corrected chi connectivity index (χ0v) is 22.5. The molecule has 7 nitrogen and oxygen atoms in total. The molecule has 196 valence electrons. The van der Waals surface area contributed by atoms with Crippen molar-refractivity contribution in [1.82, 2.24) is 10.2 Å². The van der Waals surface area contributed by atoms with Crippen LogP contribution < -0.4 is 9.62 Å². The van der Waals surface area contributed by atoms with E-state index in [9.17, 15) is 18.0 Å². The number of rotatable bonds is 11. The third kappa shape index (κ3) is 8.08. The van der Waals surface area contributed by atoms with Crippen LogP contribution in [0.5, 0.6) is 0 Å². The lowest BCUT2D eigenvalue weighted by atomic mass is 9.95. The predicted molar refractivity (Wildman–Crippen MR) is 144 cm³/mol. The Kier molecular flexibility index (Phi) is 9.93. The first kappa shape index (κ1) is 27.7. The molecule has 3 rings (SSSR count). The van der Waals surface area contributed by atoms with Crippen molar-refractivity contribution in [3.8, 4) is 0 Å². The Bertz CT molecular complexity index is 1110. The van der Waals surface area contributed by atoms with E-state index in [2.05, 4.69) is 5.32 Å². The Morgan fingerprint density at radius 3 is 2.36 bits per heavy atom. The zero-order chi connectivity index (χ0) is 26.1. The number of nitrogens with one attached hydrogen (secondary N) is 1. The molecular formula is C28H39N3O4S. The number of hydrogen-bond acceptors (Lipinski definition) is 4. The van der Waals surface area contributed by atoms with Crippen molar-refractivity contribution >= 4 is 27.5 Å². The standard InChI is InChI=1S/C28H39N3O4S/c1-22-12-10-17-26(20-22)31(36(3,34)35)19-11-18-27(32)30(21-24-13-6-4-7-14-24)23(2)28(33)29-25-15-8-5-9-16-25/h4,6-7,10,12-14,17,20,23,25H,5,8-9,11,15-16,18-19,21H2,1-3H3,(H,29,33)/t23-/m0/s1. The first-order valence-corrected chi connectivity index (χ1v) is 14.7. The number of carbonyl (C=O) groups excluding carboxylic acids is 2. The van der Waals surface area contributed by atoms with Crippen LogP contribution in [-0.4, -0.2) is 50.0 Å². The molecule has 0 aromatic heterocycles. The number of hydrogen-bond donors (Lipinski definition) is 1. The van der Waals surface area contributed by atoms with Crippen LogP contribution in [0, 0.1) is 6.92 Å². The Balaban J connectivity index is 1.69. The molecule has 0 spiro atoms. The maximum Gasteiger partial charge on any atom is 0.242 e. The number of nitrogens with zero attached hydrogens (tertiary/aromatic N) is 2. The minimum Gasteiger partial charge on any atom is -0.352 e. The molecule has 1 aliphatic carbocycles. The van der Waals surface area contributed by atoms with Crippen LogP contribution in [0.25, 0.3) is 0 Å². The smallest absolute Gasteiger partial charge is 0.242 e. The van der Waals surface area contributed by atoms with Gasteiger partial charge in [0.25, 0.3) is 0 Å². The Morgan fingerprint density at radius 2 is 1.72 bits per heavy atom. The van der Waals surface area contributed by atoms with Crippen molar-refractivity contribution in [2.75, 3.05) is 17.1 Å². The first-order chi connectivity index (χ1) is 17.1. The fourth-order valence-corrected chi connectivity index (χ4v) is 5.68. The molecule has 8 heteroatoms. The third-order valence-corrected chi connectivity index (χ3v) is 7.95. The molecule has 36 heavy (non-hydrogen) atoms. The fraction of sp³-hybridized carbons (Fsp3) is 0.500. The largest absolute Gasteiger partial charge is 0.352 e. The van der Waals surface area contributed by atoms with Crippen molar-refractivity contribution in [2.24, 2.45) is 0 Å². The first-order valence-electron chi connectivity index (χ1n) is 12.8. The van der Waals surface area contributed by atoms with Crippen molar-refractivity contribution in [1.29, 1.82) is 0 Å². The summed E-state index contributed by atoms with van der Waals surface area (Å²) in [7, 11) is -3.50. The lowest BCUT2D eigenvalue weighted by molar-refractivity contribution is -0.141. The van der Waals surface area contributed by atoms with E-state index in [1.165, 1.54) is 17.0 Å². The van der Waals surface area contributed by atoms with E-state index < -0.39 is 16.1 Å². The SMILES string of the molecule is Cc1cccc(N(CCCC(=O)N(Cc2ccccc2)[C@@H](C)C(=O)NC2CCCCC2)S(C)(=O)=O)c1. The summed E-state index contributed by atoms with van der Waals surface area (Å²) >= 11 is 0. The molecule has 0 aliphatic heterocycles. The number of anilines is 1. The van der Waals surface area contributed by atoms with Crippen LogP contribution in [0.15, 0.2) is 54.6 Å². The second-order valence-corrected chi connectivity index (χ2v) is 11.7. The number of benzene rings is 2. The second kappa shape index (κ2) is 12.9. The molecule has 1 fully saturated rings. The lowest BCUT2D eigenvalue weighted by Gasteiger charge is -2.31. The summed E-state index contributed by atoms with van der Waals surface area (Å²) in [4.78, 5) is 28.1. The topological polar surface area (TPSA) is 86.8 Å². The van der Waals surface area contributed by atoms with Gasteiger partial charge in [0.2, 0.25) is 21.8 Å². The van der Waals surface area contributed by atoms with Crippen LogP contribution >= 0.6 is 0 Å². The van der Waals surface area contributed by atoms with E-state index in [0.717, 1.165) is 36.8 Å². The number of carbonyl (C=O) groups is 2. The van der Waals surface area contributed by atoms with Gasteiger partial charge in [-0.3, -0.25) is 13.9 Å². The molecule has 2 amide bonds. The average molecular weight is 514 g/mol. The molecule has 2 aromatic carbocycles. The molecular weight excluding hydrogens is 474 g/mol. The van der Waals surface area contributed by atoms with Gasteiger partial charge >= 0.3 is 0 Å². The van der Waals surface area contributed by atoms with Crippen LogP contribution in [0.2, 0.25) is 0 Å². The van der Waals surface area contributed by atoms with E-state index in [1.807, 2.05) is 55.5 Å². The summed E-state index contributed by atoms with van der Waals surface area (Å²) in [5.74, 6) is -0.299. The summed E-state index contributed by atoms with van der Waals surface area (Å²) in [6.07, 6.45) is 7.06. The van der Waals surface area contributed by atoms with Crippen LogP contribution in [0.3, 0.4) is 0 Å². The van der Waals surface area contributed by atoms with Gasteiger partial charge < -0.3 is 10.2 Å². The van der Waals surface area contributed by atoms with Crippen molar-refractivity contribution in [3.63, 3.8) is 0 Å². The molecule has 0 radical (unpaired) electrons. The fourth-order valence-electron chi connectivity index (χ4n) is 4.72. The molecule has 1 aliphatic rings. The van der Waals surface area contributed by atoms with Gasteiger partial charge in [0.15, 0.2) is 0 Å². The summed E-state index contributed by atoms with van der Waals surface area (Å²) in [6, 6.07) is 16.5. The molecule has 1 saturated carbocycles. The van der Waals surface area contributed by atoms with Gasteiger partial charge in [0, 0.05) is 25.6 Å². The molecule has 0 bridgehead atoms. The van der Waals surface area contributed by atoms with Crippen LogP contribution in [0.4, 0.5) is 5.69 Å². The van der Waals surface area contributed by atoms with E-state index in [1.54, 1.807) is 17.9 Å². The second-order valence-electron chi connectivity index (χ2n) is 9.80. The Morgan fingerprint density at radius 1 is 1.03 bits per heavy atom. The molecule has 0 saturated heterocycles. The highest BCUT2D eigenvalue weighted by molar-refractivity contribution is 7.92. The van der Waals surface area contributed by atoms with Gasteiger partial charge in [0.1, 0.15) is 6.04 Å². The Labute approximate surface area is 215 Å². The summed E-state index contributed by atoms with van der Waals surface area (Å²) < 4.78 is 26.3.